The molecule has 0 bridgehead atoms. The third-order valence-electron chi connectivity index (χ3n) is 22.6. The maximum Gasteiger partial charge on any atom is 0.137 e. The van der Waals surface area contributed by atoms with Gasteiger partial charge >= 0.3 is 0 Å². The molecule has 4 heteroatoms. The first kappa shape index (κ1) is 55.7. The monoisotopic (exact) mass is 1240 g/mol. The number of hydrogen-bond donors (Lipinski definition) is 0. The maximum absolute atomic E-state index is 4.79. The van der Waals surface area contributed by atoms with Crippen LogP contribution in [0.3, 0.4) is 0 Å². The van der Waals surface area contributed by atoms with Gasteiger partial charge in [-0.2, -0.15) is 0 Å². The predicted octanol–water partition coefficient (Wildman–Crippen LogP) is 22.9. The van der Waals surface area contributed by atoms with E-state index in [0.717, 1.165) is 22.7 Å². The Balaban J connectivity index is 0.600. The van der Waals surface area contributed by atoms with Crippen LogP contribution in [-0.4, -0.2) is 20.6 Å². The van der Waals surface area contributed by atoms with Crippen molar-refractivity contribution in [2.75, 3.05) is 4.90 Å². The Labute approximate surface area is 565 Å². The molecule has 0 fully saturated rings. The molecular weight excluding hydrogens is 1170 g/mol. The fraction of sp³-hybridized carbons (Fsp3) is 0.0968. The van der Waals surface area contributed by atoms with Crippen molar-refractivity contribution in [3.63, 3.8) is 0 Å². The van der Waals surface area contributed by atoms with E-state index < -0.39 is 5.41 Å². The van der Waals surface area contributed by atoms with Crippen molar-refractivity contribution >= 4 is 57.6 Å². The second kappa shape index (κ2) is 20.6. The Kier molecular flexibility index (Phi) is 11.9. The van der Waals surface area contributed by atoms with Gasteiger partial charge in [0.1, 0.15) is 11.6 Å². The van der Waals surface area contributed by atoms with E-state index in [0.29, 0.717) is 0 Å². The lowest BCUT2D eigenvalue weighted by Gasteiger charge is -2.30. The molecule has 20 rings (SSSR count). The van der Waals surface area contributed by atoms with E-state index in [4.69, 9.17) is 9.97 Å². The van der Waals surface area contributed by atoms with Crippen LogP contribution in [0.25, 0.3) is 119 Å². The molecule has 6 aliphatic rings. The number of aromatic nitrogens is 3. The van der Waals surface area contributed by atoms with Gasteiger partial charge in [-0.1, -0.05) is 252 Å². The molecule has 11 aromatic carbocycles. The molecule has 5 aliphatic carbocycles. The molecule has 4 nitrogen and oxygen atoms in total. The Hall–Kier alpha value is -11.7. The summed E-state index contributed by atoms with van der Waals surface area (Å²) in [7, 11) is 0. The van der Waals surface area contributed by atoms with Gasteiger partial charge in [-0.15, -0.1) is 0 Å². The fourth-order valence-electron chi connectivity index (χ4n) is 18.0. The number of allylic oxidation sites excluding steroid dienone is 2. The number of anilines is 2. The summed E-state index contributed by atoms with van der Waals surface area (Å²) in [6.45, 7) is 9.59. The lowest BCUT2D eigenvalue weighted by atomic mass is 9.70. The highest BCUT2D eigenvalue weighted by atomic mass is 15.2. The Bertz CT molecular complexity index is 5800. The minimum absolute atomic E-state index is 0.191. The highest BCUT2D eigenvalue weighted by Gasteiger charge is 2.52. The molecule has 2 unspecified atom stereocenters. The molecule has 458 valence electrons. The van der Waals surface area contributed by atoms with Gasteiger partial charge in [0.15, 0.2) is 0 Å². The molecule has 14 aromatic rings. The molecule has 3 aromatic heterocycles. The van der Waals surface area contributed by atoms with Crippen molar-refractivity contribution in [1.82, 2.24) is 14.5 Å². The van der Waals surface area contributed by atoms with E-state index in [1.165, 1.54) is 156 Å². The van der Waals surface area contributed by atoms with Crippen molar-refractivity contribution < 1.29 is 0 Å². The zero-order chi connectivity index (χ0) is 64.5. The summed E-state index contributed by atoms with van der Waals surface area (Å²) in [6, 6.07) is 96.2. The Morgan fingerprint density at radius 3 is 1.32 bits per heavy atom. The first-order valence-electron chi connectivity index (χ1n) is 34.2. The van der Waals surface area contributed by atoms with E-state index in [-0.39, 0.29) is 22.8 Å². The molecule has 0 radical (unpaired) electrons. The summed E-state index contributed by atoms with van der Waals surface area (Å²) in [5.74, 6) is 2.17. The van der Waals surface area contributed by atoms with Gasteiger partial charge < -0.3 is 4.90 Å². The van der Waals surface area contributed by atoms with E-state index in [9.17, 15) is 0 Å². The van der Waals surface area contributed by atoms with Crippen molar-refractivity contribution in [3.8, 4) is 72.6 Å². The van der Waals surface area contributed by atoms with Crippen LogP contribution in [-0.2, 0) is 16.2 Å². The van der Waals surface area contributed by atoms with E-state index in [1.54, 1.807) is 0 Å². The first-order valence-corrected chi connectivity index (χ1v) is 34.2. The number of para-hydroxylation sites is 1. The fourth-order valence-corrected chi connectivity index (χ4v) is 18.0. The molecule has 0 saturated heterocycles. The zero-order valence-corrected chi connectivity index (χ0v) is 54.5. The van der Waals surface area contributed by atoms with Crippen LogP contribution < -0.4 is 4.90 Å². The average Bonchev–Trinajstić information content (AvgIpc) is 1.51. The molecule has 1 spiro atoms. The van der Waals surface area contributed by atoms with E-state index >= 15 is 0 Å². The number of rotatable bonds is 8. The second-order valence-electron chi connectivity index (χ2n) is 28.4. The molecule has 0 N–H and O–H groups in total. The minimum atomic E-state index is -0.493. The van der Waals surface area contributed by atoms with Gasteiger partial charge in [0.05, 0.1) is 22.5 Å². The normalized spacial score (nSPS) is 16.9. The van der Waals surface area contributed by atoms with E-state index in [1.807, 2.05) is 24.5 Å². The molecule has 2 atom stereocenters. The summed E-state index contributed by atoms with van der Waals surface area (Å²) in [5, 5.41) is 2.45. The molecule has 4 heterocycles. The van der Waals surface area contributed by atoms with Crippen LogP contribution >= 0.6 is 0 Å². The van der Waals surface area contributed by atoms with E-state index in [2.05, 4.69) is 328 Å². The predicted molar refractivity (Wildman–Crippen MR) is 403 cm³/mol. The largest absolute Gasteiger partial charge is 0.318 e. The molecule has 0 amide bonds. The molecule has 0 saturated carbocycles. The minimum Gasteiger partial charge on any atom is -0.318 e. The van der Waals surface area contributed by atoms with Crippen molar-refractivity contribution in [3.05, 3.63) is 364 Å². The third-order valence-corrected chi connectivity index (χ3v) is 22.6. The number of pyridine rings is 2. The smallest absolute Gasteiger partial charge is 0.137 e. The topological polar surface area (TPSA) is 34.0 Å². The lowest BCUT2D eigenvalue weighted by Crippen LogP contribution is -2.29. The van der Waals surface area contributed by atoms with Crippen molar-refractivity contribution in [2.24, 2.45) is 0 Å². The summed E-state index contributed by atoms with van der Waals surface area (Å²) in [6.07, 6.45) is 22.1. The quantitative estimate of drug-likeness (QED) is 0.142. The van der Waals surface area contributed by atoms with Gasteiger partial charge in [-0.05, 0) is 218 Å². The summed E-state index contributed by atoms with van der Waals surface area (Å²) in [5.41, 5.74) is 35.0. The van der Waals surface area contributed by atoms with Gasteiger partial charge in [0.2, 0.25) is 0 Å². The van der Waals surface area contributed by atoms with Gasteiger partial charge in [0, 0.05) is 45.6 Å². The second-order valence-corrected chi connectivity index (χ2v) is 28.4. The highest BCUT2D eigenvalue weighted by molar-refractivity contribution is 6.10. The Morgan fingerprint density at radius 2 is 0.753 bits per heavy atom. The molecule has 97 heavy (non-hydrogen) atoms. The lowest BCUT2D eigenvalue weighted by molar-refractivity contribution is 0.660. The third kappa shape index (κ3) is 8.05. The highest BCUT2D eigenvalue weighted by Crippen LogP contribution is 2.63. The van der Waals surface area contributed by atoms with Crippen LogP contribution in [0, 0.1) is 0 Å². The SMILES string of the molecule is CC1(C)c2cc(/C=C/c3ccc4c(c3)C3(c5ccccc5-c5ccccc53)c3cc(/C=C/c5ccc6c(c5)C(C)(C)c5cc(-c7ccc8c(c7)c7ccccc7n8-c7ccccn7)ccc5-6)ccc3-4)ccc2-c2ccc(-c3ccc4c(c3)C3C=CC=CC3N4c3ccccn3)cc21. The van der Waals surface area contributed by atoms with Crippen LogP contribution in [0.2, 0.25) is 0 Å². The van der Waals surface area contributed by atoms with Crippen LogP contribution in [0.4, 0.5) is 11.5 Å². The van der Waals surface area contributed by atoms with Gasteiger partial charge in [0.25, 0.3) is 0 Å². The number of nitrogens with zero attached hydrogens (tertiary/aromatic N) is 4. The van der Waals surface area contributed by atoms with Gasteiger partial charge in [-0.25, -0.2) is 9.97 Å². The van der Waals surface area contributed by atoms with Crippen LogP contribution in [0.15, 0.2) is 291 Å². The molecular formula is C93H66N4. The summed E-state index contributed by atoms with van der Waals surface area (Å²) < 4.78 is 2.28. The zero-order valence-electron chi connectivity index (χ0n) is 54.5. The average molecular weight is 1240 g/mol. The van der Waals surface area contributed by atoms with Crippen molar-refractivity contribution in [1.29, 1.82) is 0 Å². The van der Waals surface area contributed by atoms with Crippen LogP contribution in [0.1, 0.15) is 106 Å². The van der Waals surface area contributed by atoms with Crippen molar-refractivity contribution in [2.45, 2.75) is 55.9 Å². The molecule has 1 aliphatic heterocycles. The summed E-state index contributed by atoms with van der Waals surface area (Å²) in [4.78, 5) is 11.9. The van der Waals surface area contributed by atoms with Crippen LogP contribution in [0.5, 0.6) is 0 Å². The summed E-state index contributed by atoms with van der Waals surface area (Å²) >= 11 is 0. The first-order chi connectivity index (χ1) is 47.6. The Morgan fingerprint density at radius 1 is 0.330 bits per heavy atom. The number of benzene rings is 11. The standard InChI is InChI=1S/C93H66N4/c1-91(2)79-49-57(31-39-67(79)69-43-35-63(55-81(69)91)61-37-45-87-75(53-61)73-19-7-11-23-85(73)96(87)89-25-13-15-47-94-89)27-29-59-33-41-71-72-42-34-60(52-84(72)93(83(71)51-59)77-21-9-5-17-65(77)66-18-6-10-22-78(66)93)30-28-58-32-40-68-70-44-36-64(56-82(70)92(3,4)80(68)50-58)62-38-46-88-76(54-62)74-20-8-12-24-86(74)97(88)90-26-14-16-48-95-90/h5-56,73,85H,1-4H3/b29-27+,30-28+. The van der Waals surface area contributed by atoms with Gasteiger partial charge in [-0.3, -0.25) is 4.57 Å². The number of hydrogen-bond acceptors (Lipinski definition) is 3. The maximum atomic E-state index is 4.79. The number of fused-ring (bicyclic) bond motifs is 22.